The van der Waals surface area contributed by atoms with E-state index in [9.17, 15) is 9.90 Å². The summed E-state index contributed by atoms with van der Waals surface area (Å²) < 4.78 is 5.85. The molecule has 0 aromatic carbocycles. The van der Waals surface area contributed by atoms with Crippen LogP contribution in [0.25, 0.3) is 0 Å². The molecule has 3 aliphatic heterocycles. The van der Waals surface area contributed by atoms with Gasteiger partial charge in [-0.25, -0.2) is 0 Å². The zero-order valence-electron chi connectivity index (χ0n) is 12.3. The molecule has 3 heterocycles. The fourth-order valence-electron chi connectivity index (χ4n) is 4.08. The third-order valence-electron chi connectivity index (χ3n) is 5.11. The third-order valence-corrected chi connectivity index (χ3v) is 5.11. The molecular weight excluding hydrogens is 256 g/mol. The van der Waals surface area contributed by atoms with E-state index < -0.39 is 5.97 Å². The second kappa shape index (κ2) is 6.00. The van der Waals surface area contributed by atoms with Crippen LogP contribution in [0.4, 0.5) is 0 Å². The predicted molar refractivity (Wildman–Crippen MR) is 75.7 cm³/mol. The molecule has 4 atom stereocenters. The molecule has 0 saturated carbocycles. The first kappa shape index (κ1) is 14.3. The third kappa shape index (κ3) is 3.00. The minimum atomic E-state index is -0.653. The van der Waals surface area contributed by atoms with Crippen molar-refractivity contribution in [2.75, 3.05) is 32.7 Å². The quantitative estimate of drug-likeness (QED) is 0.835. The zero-order valence-corrected chi connectivity index (χ0v) is 12.3. The highest BCUT2D eigenvalue weighted by Gasteiger charge is 2.36. The van der Waals surface area contributed by atoms with Crippen LogP contribution in [-0.4, -0.2) is 71.8 Å². The van der Waals surface area contributed by atoms with Crippen molar-refractivity contribution in [2.45, 2.75) is 50.9 Å². The first-order valence-electron chi connectivity index (χ1n) is 7.98. The number of piperidine rings is 1. The Hall–Kier alpha value is -0.650. The highest BCUT2D eigenvalue weighted by molar-refractivity contribution is 5.74. The van der Waals surface area contributed by atoms with E-state index in [-0.39, 0.29) is 12.0 Å². The van der Waals surface area contributed by atoms with Crippen LogP contribution >= 0.6 is 0 Å². The number of aliphatic carboxylic acids is 1. The number of likely N-dealkylation sites (tertiary alicyclic amines) is 2. The van der Waals surface area contributed by atoms with Gasteiger partial charge in [0.05, 0.1) is 12.2 Å². The molecule has 2 bridgehead atoms. The van der Waals surface area contributed by atoms with Gasteiger partial charge in [-0.2, -0.15) is 0 Å². The Morgan fingerprint density at radius 1 is 1.20 bits per heavy atom. The molecule has 0 aliphatic carbocycles. The Morgan fingerprint density at radius 3 is 2.55 bits per heavy atom. The second-order valence-corrected chi connectivity index (χ2v) is 6.66. The highest BCUT2D eigenvalue weighted by atomic mass is 16.5. The standard InChI is InChI=1S/C15H26N2O3/c1-11-3-2-6-17(14(11)15(18)19)8-7-16-9-12-4-5-13(10-16)20-12/h11-14H,2-10H2,1H3,(H,18,19). The second-order valence-electron chi connectivity index (χ2n) is 6.66. The van der Waals surface area contributed by atoms with Gasteiger partial charge in [-0.3, -0.25) is 14.6 Å². The Bertz CT molecular complexity index is 351. The minimum Gasteiger partial charge on any atom is -0.480 e. The van der Waals surface area contributed by atoms with Crippen molar-refractivity contribution in [2.24, 2.45) is 5.92 Å². The lowest BCUT2D eigenvalue weighted by Crippen LogP contribution is -2.52. The number of morpholine rings is 1. The molecule has 0 aromatic rings. The molecule has 5 nitrogen and oxygen atoms in total. The number of carboxylic acid groups (broad SMARTS) is 1. The van der Waals surface area contributed by atoms with Gasteiger partial charge in [-0.15, -0.1) is 0 Å². The molecule has 5 heteroatoms. The Morgan fingerprint density at radius 2 is 1.90 bits per heavy atom. The van der Waals surface area contributed by atoms with Gasteiger partial charge in [0, 0.05) is 26.2 Å². The summed E-state index contributed by atoms with van der Waals surface area (Å²) in [5.41, 5.74) is 0. The number of carbonyl (C=O) groups is 1. The lowest BCUT2D eigenvalue weighted by atomic mass is 9.91. The topological polar surface area (TPSA) is 53.0 Å². The summed E-state index contributed by atoms with van der Waals surface area (Å²) >= 11 is 0. The molecular formula is C15H26N2O3. The fraction of sp³-hybridized carbons (Fsp3) is 0.933. The lowest BCUT2D eigenvalue weighted by molar-refractivity contribution is -0.147. The van der Waals surface area contributed by atoms with Crippen LogP contribution in [0.15, 0.2) is 0 Å². The van der Waals surface area contributed by atoms with E-state index in [1.54, 1.807) is 0 Å². The van der Waals surface area contributed by atoms with Crippen LogP contribution in [0.2, 0.25) is 0 Å². The van der Waals surface area contributed by atoms with Gasteiger partial charge in [0.15, 0.2) is 0 Å². The van der Waals surface area contributed by atoms with E-state index in [0.29, 0.717) is 12.2 Å². The number of ether oxygens (including phenoxy) is 1. The number of fused-ring (bicyclic) bond motifs is 2. The van der Waals surface area contributed by atoms with Gasteiger partial charge in [0.2, 0.25) is 0 Å². The van der Waals surface area contributed by atoms with Gasteiger partial charge >= 0.3 is 5.97 Å². The van der Waals surface area contributed by atoms with Crippen molar-refractivity contribution in [3.63, 3.8) is 0 Å². The first-order chi connectivity index (χ1) is 9.63. The molecule has 20 heavy (non-hydrogen) atoms. The summed E-state index contributed by atoms with van der Waals surface area (Å²) in [5, 5.41) is 9.43. The molecule has 4 unspecified atom stereocenters. The van der Waals surface area contributed by atoms with Crippen molar-refractivity contribution >= 4 is 5.97 Å². The summed E-state index contributed by atoms with van der Waals surface area (Å²) in [5.74, 6) is -0.388. The Labute approximate surface area is 120 Å². The van der Waals surface area contributed by atoms with Crippen LogP contribution in [-0.2, 0) is 9.53 Å². The normalized spacial score (nSPS) is 39.0. The maximum Gasteiger partial charge on any atom is 0.321 e. The molecule has 3 saturated heterocycles. The Kier molecular flexibility index (Phi) is 4.29. The fourth-order valence-corrected chi connectivity index (χ4v) is 4.08. The average Bonchev–Trinajstić information content (AvgIpc) is 2.75. The van der Waals surface area contributed by atoms with Crippen molar-refractivity contribution in [1.29, 1.82) is 0 Å². The van der Waals surface area contributed by atoms with E-state index in [1.165, 1.54) is 12.8 Å². The SMILES string of the molecule is CC1CCCN(CCN2CC3CCC(C2)O3)C1C(=O)O. The van der Waals surface area contributed by atoms with Gasteiger partial charge in [0.25, 0.3) is 0 Å². The van der Waals surface area contributed by atoms with E-state index in [4.69, 9.17) is 4.74 Å². The molecule has 3 fully saturated rings. The van der Waals surface area contributed by atoms with Crippen LogP contribution in [0.3, 0.4) is 0 Å². The molecule has 3 aliphatic rings. The number of hydrogen-bond acceptors (Lipinski definition) is 4. The summed E-state index contributed by atoms with van der Waals surface area (Å²) in [6.45, 7) is 6.90. The molecule has 0 aromatic heterocycles. The highest BCUT2D eigenvalue weighted by Crippen LogP contribution is 2.27. The number of carboxylic acids is 1. The summed E-state index contributed by atoms with van der Waals surface area (Å²) in [6, 6.07) is -0.290. The molecule has 3 rings (SSSR count). The monoisotopic (exact) mass is 282 g/mol. The van der Waals surface area contributed by atoms with Gasteiger partial charge in [-0.05, 0) is 38.1 Å². The molecule has 0 radical (unpaired) electrons. The molecule has 114 valence electrons. The molecule has 0 spiro atoms. The minimum absolute atomic E-state index is 0.266. The summed E-state index contributed by atoms with van der Waals surface area (Å²) in [7, 11) is 0. The van der Waals surface area contributed by atoms with Crippen molar-refractivity contribution in [1.82, 2.24) is 9.80 Å². The van der Waals surface area contributed by atoms with Crippen LogP contribution in [0.1, 0.15) is 32.6 Å². The van der Waals surface area contributed by atoms with Crippen LogP contribution in [0.5, 0.6) is 0 Å². The largest absolute Gasteiger partial charge is 0.480 e. The Balaban J connectivity index is 1.52. The van der Waals surface area contributed by atoms with Crippen molar-refractivity contribution in [3.8, 4) is 0 Å². The molecule has 1 N–H and O–H groups in total. The summed E-state index contributed by atoms with van der Waals surface area (Å²) in [6.07, 6.45) is 5.39. The van der Waals surface area contributed by atoms with Gasteiger partial charge in [-0.1, -0.05) is 6.92 Å². The number of rotatable bonds is 4. The maximum atomic E-state index is 11.5. The van der Waals surface area contributed by atoms with Crippen LogP contribution < -0.4 is 0 Å². The number of hydrogen-bond donors (Lipinski definition) is 1. The van der Waals surface area contributed by atoms with E-state index in [1.807, 2.05) is 0 Å². The van der Waals surface area contributed by atoms with Gasteiger partial charge in [0.1, 0.15) is 6.04 Å². The average molecular weight is 282 g/mol. The summed E-state index contributed by atoms with van der Waals surface area (Å²) in [4.78, 5) is 16.1. The van der Waals surface area contributed by atoms with E-state index in [0.717, 1.165) is 45.6 Å². The predicted octanol–water partition coefficient (Wildman–Crippen LogP) is 1.03. The van der Waals surface area contributed by atoms with E-state index >= 15 is 0 Å². The first-order valence-corrected chi connectivity index (χ1v) is 7.98. The van der Waals surface area contributed by atoms with Crippen molar-refractivity contribution < 1.29 is 14.6 Å². The molecule has 0 amide bonds. The maximum absolute atomic E-state index is 11.5. The van der Waals surface area contributed by atoms with Crippen molar-refractivity contribution in [3.05, 3.63) is 0 Å². The smallest absolute Gasteiger partial charge is 0.321 e. The van der Waals surface area contributed by atoms with Gasteiger partial charge < -0.3 is 9.84 Å². The lowest BCUT2D eigenvalue weighted by Gasteiger charge is -2.39. The number of nitrogens with zero attached hydrogens (tertiary/aromatic N) is 2. The zero-order chi connectivity index (χ0) is 14.1. The van der Waals surface area contributed by atoms with E-state index in [2.05, 4.69) is 16.7 Å². The van der Waals surface area contributed by atoms with Crippen LogP contribution in [0, 0.1) is 5.92 Å².